The van der Waals surface area contributed by atoms with Crippen LogP contribution in [-0.2, 0) is 22.4 Å². The predicted molar refractivity (Wildman–Crippen MR) is 106 cm³/mol. The Morgan fingerprint density at radius 3 is 2.61 bits per heavy atom. The van der Waals surface area contributed by atoms with Gasteiger partial charge >= 0.3 is 11.6 Å². The van der Waals surface area contributed by atoms with Crippen molar-refractivity contribution in [2.45, 2.75) is 39.2 Å². The largest absolute Gasteiger partial charge is 0.474 e. The summed E-state index contributed by atoms with van der Waals surface area (Å²) in [7, 11) is 0. The van der Waals surface area contributed by atoms with Crippen LogP contribution in [0.1, 0.15) is 41.7 Å². The summed E-state index contributed by atoms with van der Waals surface area (Å²) in [4.78, 5) is 24.9. The van der Waals surface area contributed by atoms with E-state index in [4.69, 9.17) is 13.9 Å². The van der Waals surface area contributed by atoms with Gasteiger partial charge in [-0.15, -0.1) is 0 Å². The third kappa shape index (κ3) is 3.17. The average Bonchev–Trinajstić information content (AvgIpc) is 3.20. The molecule has 5 nitrogen and oxygen atoms in total. The summed E-state index contributed by atoms with van der Waals surface area (Å²) in [6.07, 6.45) is 1.73. The number of benzene rings is 2. The first-order chi connectivity index (χ1) is 13.6. The molecule has 0 fully saturated rings. The van der Waals surface area contributed by atoms with Gasteiger partial charge in [0, 0.05) is 22.1 Å². The first-order valence-electron chi connectivity index (χ1n) is 9.56. The highest BCUT2D eigenvalue weighted by Crippen LogP contribution is 2.35. The molecule has 0 amide bonds. The van der Waals surface area contributed by atoms with Gasteiger partial charge in [-0.1, -0.05) is 30.3 Å². The minimum atomic E-state index is -0.890. The standard InChI is InChI=1S/C23H22O5/c1-3-26-23(25)21(15-8-5-4-6-9-15)27-19-13-12-17-16-10-7-11-18(16)22(24)28-20(17)14(19)2/h4-6,8-9,12-13,21H,3,7,10-11H2,1-2H3/t21-/m1/s1. The first kappa shape index (κ1) is 18.3. The van der Waals surface area contributed by atoms with Crippen LogP contribution in [0.25, 0.3) is 11.0 Å². The second-order valence-corrected chi connectivity index (χ2v) is 6.93. The van der Waals surface area contributed by atoms with Crippen molar-refractivity contribution in [2.24, 2.45) is 0 Å². The fourth-order valence-electron chi connectivity index (χ4n) is 3.82. The van der Waals surface area contributed by atoms with Gasteiger partial charge in [-0.2, -0.15) is 0 Å². The van der Waals surface area contributed by atoms with Crippen LogP contribution in [0, 0.1) is 6.92 Å². The monoisotopic (exact) mass is 378 g/mol. The minimum Gasteiger partial charge on any atom is -0.474 e. The van der Waals surface area contributed by atoms with Crippen LogP contribution in [0.3, 0.4) is 0 Å². The van der Waals surface area contributed by atoms with Gasteiger partial charge in [0.05, 0.1) is 6.61 Å². The van der Waals surface area contributed by atoms with E-state index >= 15 is 0 Å². The normalized spacial score (nSPS) is 13.9. The van der Waals surface area contributed by atoms with Crippen LogP contribution in [0.15, 0.2) is 51.7 Å². The Morgan fingerprint density at radius 2 is 1.86 bits per heavy atom. The fraction of sp³-hybridized carbons (Fsp3) is 0.304. The molecule has 5 heteroatoms. The molecule has 0 saturated heterocycles. The molecule has 0 unspecified atom stereocenters. The highest BCUT2D eigenvalue weighted by atomic mass is 16.6. The highest BCUT2D eigenvalue weighted by Gasteiger charge is 2.26. The SMILES string of the molecule is CCOC(=O)[C@H](Oc1ccc2c3c(c(=O)oc2c1C)CCC3)c1ccccc1. The maximum Gasteiger partial charge on any atom is 0.352 e. The molecule has 144 valence electrons. The lowest BCUT2D eigenvalue weighted by atomic mass is 10.0. The van der Waals surface area contributed by atoms with E-state index in [1.165, 1.54) is 0 Å². The number of aryl methyl sites for hydroxylation is 2. The van der Waals surface area contributed by atoms with E-state index in [2.05, 4.69) is 0 Å². The maximum atomic E-state index is 12.5. The molecule has 4 rings (SSSR count). The Morgan fingerprint density at radius 1 is 1.11 bits per heavy atom. The van der Waals surface area contributed by atoms with Gasteiger partial charge in [0.1, 0.15) is 11.3 Å². The van der Waals surface area contributed by atoms with Crippen LogP contribution < -0.4 is 10.4 Å². The van der Waals surface area contributed by atoms with Crippen LogP contribution in [0.4, 0.5) is 0 Å². The van der Waals surface area contributed by atoms with Crippen molar-refractivity contribution in [3.05, 3.63) is 75.1 Å². The van der Waals surface area contributed by atoms with Crippen LogP contribution >= 0.6 is 0 Å². The quantitative estimate of drug-likeness (QED) is 0.490. The summed E-state index contributed by atoms with van der Waals surface area (Å²) < 4.78 is 16.9. The lowest BCUT2D eigenvalue weighted by Gasteiger charge is -2.20. The van der Waals surface area contributed by atoms with Crippen LogP contribution in [0.5, 0.6) is 5.75 Å². The first-order valence-corrected chi connectivity index (χ1v) is 9.56. The maximum absolute atomic E-state index is 12.5. The number of carbonyl (C=O) groups excluding carboxylic acids is 1. The van der Waals surface area contributed by atoms with E-state index in [1.54, 1.807) is 6.92 Å². The van der Waals surface area contributed by atoms with Gasteiger partial charge in [-0.25, -0.2) is 9.59 Å². The van der Waals surface area contributed by atoms with Crippen LogP contribution in [0.2, 0.25) is 0 Å². The van der Waals surface area contributed by atoms with E-state index in [0.29, 0.717) is 22.5 Å². The van der Waals surface area contributed by atoms with Crippen molar-refractivity contribution >= 4 is 16.9 Å². The van der Waals surface area contributed by atoms with Gasteiger partial charge in [-0.3, -0.25) is 0 Å². The zero-order valence-electron chi connectivity index (χ0n) is 16.0. The molecule has 1 aromatic heterocycles. The van der Waals surface area contributed by atoms with Crippen LogP contribution in [-0.4, -0.2) is 12.6 Å². The number of fused-ring (bicyclic) bond motifs is 3. The molecular weight excluding hydrogens is 356 g/mol. The number of hydrogen-bond donors (Lipinski definition) is 0. The molecule has 0 saturated carbocycles. The zero-order chi connectivity index (χ0) is 19.7. The van der Waals surface area contributed by atoms with Gasteiger partial charge in [0.2, 0.25) is 6.10 Å². The summed E-state index contributed by atoms with van der Waals surface area (Å²) in [5, 5.41) is 0.948. The molecule has 1 heterocycles. The molecule has 3 aromatic rings. The topological polar surface area (TPSA) is 65.7 Å². The summed E-state index contributed by atoms with van der Waals surface area (Å²) in [5.74, 6) is 0.0408. The van der Waals surface area contributed by atoms with Crippen molar-refractivity contribution in [3.63, 3.8) is 0 Å². The Bertz CT molecular complexity index is 1080. The number of rotatable bonds is 5. The molecule has 0 radical (unpaired) electrons. The highest BCUT2D eigenvalue weighted by molar-refractivity contribution is 5.86. The van der Waals surface area contributed by atoms with Crippen molar-refractivity contribution in [1.82, 2.24) is 0 Å². The minimum absolute atomic E-state index is 0.267. The van der Waals surface area contributed by atoms with Gasteiger partial charge < -0.3 is 13.9 Å². The van der Waals surface area contributed by atoms with Crippen molar-refractivity contribution in [1.29, 1.82) is 0 Å². The molecule has 1 aliphatic rings. The summed E-state index contributed by atoms with van der Waals surface area (Å²) in [5.41, 5.74) is 3.52. The molecule has 0 bridgehead atoms. The van der Waals surface area contributed by atoms with E-state index in [9.17, 15) is 9.59 Å². The smallest absolute Gasteiger partial charge is 0.352 e. The van der Waals surface area contributed by atoms with Gasteiger partial charge in [0.15, 0.2) is 0 Å². The number of esters is 1. The Labute approximate surface area is 162 Å². The lowest BCUT2D eigenvalue weighted by molar-refractivity contribution is -0.151. The number of ether oxygens (including phenoxy) is 2. The third-order valence-corrected chi connectivity index (χ3v) is 5.19. The summed E-state index contributed by atoms with van der Waals surface area (Å²) in [6, 6.07) is 13.0. The third-order valence-electron chi connectivity index (χ3n) is 5.19. The predicted octanol–water partition coefficient (Wildman–Crippen LogP) is 4.27. The van der Waals surface area contributed by atoms with E-state index in [-0.39, 0.29) is 12.2 Å². The zero-order valence-corrected chi connectivity index (χ0v) is 16.0. The van der Waals surface area contributed by atoms with E-state index in [1.807, 2.05) is 49.4 Å². The summed E-state index contributed by atoms with van der Waals surface area (Å²) >= 11 is 0. The second kappa shape index (κ2) is 7.50. The Kier molecular flexibility index (Phi) is 4.90. The van der Waals surface area contributed by atoms with E-state index in [0.717, 1.165) is 35.8 Å². The molecule has 0 aliphatic heterocycles. The van der Waals surface area contributed by atoms with Crippen molar-refractivity contribution < 1.29 is 18.7 Å². The molecule has 1 atom stereocenters. The van der Waals surface area contributed by atoms with Gasteiger partial charge in [-0.05, 0) is 50.8 Å². The second-order valence-electron chi connectivity index (χ2n) is 6.93. The summed E-state index contributed by atoms with van der Waals surface area (Å²) in [6.45, 7) is 3.87. The molecule has 2 aromatic carbocycles. The van der Waals surface area contributed by atoms with Crippen molar-refractivity contribution in [2.75, 3.05) is 6.61 Å². The Hall–Kier alpha value is -3.08. The van der Waals surface area contributed by atoms with Crippen molar-refractivity contribution in [3.8, 4) is 5.75 Å². The fourth-order valence-corrected chi connectivity index (χ4v) is 3.82. The molecule has 0 N–H and O–H groups in total. The molecule has 0 spiro atoms. The molecule has 28 heavy (non-hydrogen) atoms. The molecular formula is C23H22O5. The Balaban J connectivity index is 1.77. The number of carbonyl (C=O) groups is 1. The van der Waals surface area contributed by atoms with Gasteiger partial charge in [0.25, 0.3) is 0 Å². The number of hydrogen-bond acceptors (Lipinski definition) is 5. The lowest BCUT2D eigenvalue weighted by Crippen LogP contribution is -2.22. The van der Waals surface area contributed by atoms with E-state index < -0.39 is 12.1 Å². The average molecular weight is 378 g/mol. The molecule has 1 aliphatic carbocycles.